The van der Waals surface area contributed by atoms with E-state index in [-0.39, 0.29) is 48.6 Å². The van der Waals surface area contributed by atoms with E-state index in [9.17, 15) is 9.90 Å². The first-order valence-electron chi connectivity index (χ1n) is 34.4. The van der Waals surface area contributed by atoms with Crippen LogP contribution >= 0.6 is 0 Å². The van der Waals surface area contributed by atoms with E-state index in [1.165, 1.54) is 6.33 Å². The van der Waals surface area contributed by atoms with Gasteiger partial charge >= 0.3 is 35.6 Å². The number of hydrogen-bond acceptors (Lipinski definition) is 18. The normalized spacial score (nSPS) is 13.3. The topological polar surface area (TPSA) is 278 Å². The summed E-state index contributed by atoms with van der Waals surface area (Å²) in [5, 5.41) is 30.0. The van der Waals surface area contributed by atoms with Crippen molar-refractivity contribution < 1.29 is 82.5 Å². The van der Waals surface area contributed by atoms with Gasteiger partial charge in [0.15, 0.2) is 5.82 Å². The van der Waals surface area contributed by atoms with E-state index in [4.69, 9.17) is 86.0 Å². The Hall–Kier alpha value is -12.3. The first-order chi connectivity index (χ1) is 52.6. The van der Waals surface area contributed by atoms with Crippen LogP contribution in [0.3, 0.4) is 0 Å². The quantitative estimate of drug-likeness (QED) is 0.0422. The van der Waals surface area contributed by atoms with E-state index in [1.54, 1.807) is 41.5 Å². The van der Waals surface area contributed by atoms with E-state index in [0.717, 1.165) is 108 Å². The summed E-state index contributed by atoms with van der Waals surface area (Å²) in [6.07, 6.45) is 1.50. The standard InChI is InChI=1S/C20H16N4O2.2C19H15N3O2.C14H12N2O.C5H5NO2.C4H10O.C4H9O.Na/c21-20-19-18(22-12-23-20)16-10-25-11-17(16)24(19)13-6-8-15(9-7-13)26-14-4-2-1-3-5-14;1-21-19-18(20)16-11-23-12-17(16)22(19)13-7-9-15(10-8-13)24-14-5-3-2-4-6-14;1-20-14-22(19-13-23-12-18(19)21-2)15-8-10-17(11-9-15)24-16-6-4-3-5-7-16;15-10-11-16-12-6-8-14(9-7-12)17-13-4-2-1-3-5-13;1-6-4-2-8-3-5(4)7;2*1-4(2,3)5;/h1-9,12H,10-11H2,(H2,21,22,23);2-10H,11-12,20H2;3-11H,12-14H2;1-9,16H,11H2;4H,2-3H2;5H,1-3H3;1-3H3;/q;;;;;;-1;+1. The van der Waals surface area contributed by atoms with E-state index in [2.05, 4.69) is 39.2 Å². The van der Waals surface area contributed by atoms with Crippen LogP contribution in [-0.2, 0) is 50.2 Å². The zero-order chi connectivity index (χ0) is 77.7. The van der Waals surface area contributed by atoms with Gasteiger partial charge in [-0.15, -0.1) is 5.60 Å². The van der Waals surface area contributed by atoms with Gasteiger partial charge in [0, 0.05) is 28.2 Å². The molecule has 7 heterocycles. The number of anilines is 4. The Morgan fingerprint density at radius 2 is 0.991 bits per heavy atom. The van der Waals surface area contributed by atoms with E-state index >= 15 is 0 Å². The molecule has 25 heteroatoms. The molecule has 554 valence electrons. The molecule has 8 aromatic carbocycles. The van der Waals surface area contributed by atoms with Crippen molar-refractivity contribution >= 4 is 45.5 Å². The number of nitrogen functional groups attached to an aromatic ring is 2. The molecule has 3 aromatic heterocycles. The minimum atomic E-state index is -0.750. The van der Waals surface area contributed by atoms with Gasteiger partial charge in [-0.25, -0.2) is 28.0 Å². The zero-order valence-corrected chi connectivity index (χ0v) is 64.2. The van der Waals surface area contributed by atoms with Gasteiger partial charge in [-0.1, -0.05) is 100 Å². The summed E-state index contributed by atoms with van der Waals surface area (Å²) in [5.41, 5.74) is 22.2. The van der Waals surface area contributed by atoms with Crippen LogP contribution in [0.5, 0.6) is 46.0 Å². The number of Topliss-reactive ketones (excluding diaryl/α,β-unsaturated/α-hetero) is 1. The van der Waals surface area contributed by atoms with E-state index in [0.29, 0.717) is 75.8 Å². The summed E-state index contributed by atoms with van der Waals surface area (Å²) in [6.45, 7) is 42.0. The molecule has 1 saturated heterocycles. The number of nitriles is 1. The second-order valence-electron chi connectivity index (χ2n) is 26.1. The second kappa shape index (κ2) is 41.1. The van der Waals surface area contributed by atoms with Crippen molar-refractivity contribution in [3.63, 3.8) is 0 Å². The molecule has 4 aliphatic rings. The molecule has 1 atom stereocenters. The monoisotopic (exact) mass is 1480 g/mol. The van der Waals surface area contributed by atoms with Gasteiger partial charge in [0.1, 0.15) is 101 Å². The third-order valence-electron chi connectivity index (χ3n) is 15.5. The maximum Gasteiger partial charge on any atom is 1.00 e. The van der Waals surface area contributed by atoms with Crippen LogP contribution in [0.1, 0.15) is 64.1 Å². The van der Waals surface area contributed by atoms with Crippen LogP contribution < -0.4 is 75.3 Å². The number of para-hydroxylation sites is 4. The zero-order valence-electron chi connectivity index (χ0n) is 62.2. The number of aromatic nitrogens is 4. The molecule has 0 amide bonds. The molecule has 6 N–H and O–H groups in total. The number of carbonyl (C=O) groups is 1. The molecule has 0 spiro atoms. The number of nitrogens with two attached hydrogens (primary N) is 2. The van der Waals surface area contributed by atoms with Gasteiger partial charge in [-0.2, -0.15) is 5.26 Å². The van der Waals surface area contributed by atoms with Gasteiger partial charge in [0.2, 0.25) is 11.5 Å². The Bertz CT molecular complexity index is 5020. The Balaban J connectivity index is 0.000000172. The number of hydrogen-bond donors (Lipinski definition) is 4. The fourth-order valence-corrected chi connectivity index (χ4v) is 10.7. The molecule has 0 aliphatic carbocycles. The van der Waals surface area contributed by atoms with E-state index in [1.807, 2.05) is 234 Å². The van der Waals surface area contributed by atoms with Crippen molar-refractivity contribution in [1.29, 1.82) is 5.26 Å². The molecule has 0 radical (unpaired) electrons. The Morgan fingerprint density at radius 3 is 1.40 bits per heavy atom. The van der Waals surface area contributed by atoms with Crippen LogP contribution in [0.4, 0.5) is 28.7 Å². The number of aliphatic hydroxyl groups is 1. The largest absolute Gasteiger partial charge is 1.00 e. The van der Waals surface area contributed by atoms with Gasteiger partial charge in [0.05, 0.1) is 68.4 Å². The molecule has 1 fully saturated rings. The van der Waals surface area contributed by atoms with Crippen molar-refractivity contribution in [1.82, 2.24) is 19.1 Å². The molecule has 24 nitrogen and oxygen atoms in total. The van der Waals surface area contributed by atoms with Crippen LogP contribution in [-0.4, -0.2) is 86.9 Å². The average Bonchev–Trinajstić information content (AvgIpc) is 1.67. The molecule has 1 unspecified atom stereocenters. The SMILES string of the molecule is CC(C)(C)O.CC(C)(C)[O-].N#CCNc1ccc(Oc2ccccc2)cc1.Nc1ncnc2c3c(n(-c4ccc(Oc5ccccc5)cc4)c12)COC3.[C-]#[N+]C1COCC1=O.[C-]#[N+]CN(C1=C([N+]#[C-])COC1)c1ccc(Oc2ccccc2)cc1.[C-]#[N+]c1c(N)c2c(n1-c1ccc(Oc3ccccc3)cc1)COC2.[Na+]. The average molecular weight is 1480 g/mol. The Morgan fingerprint density at radius 1 is 0.573 bits per heavy atom. The van der Waals surface area contributed by atoms with Gasteiger partial charge in [-0.05, 0) is 166 Å². The number of ether oxygens (including phenoxy) is 8. The molecule has 4 aliphatic heterocycles. The third-order valence-corrected chi connectivity index (χ3v) is 15.5. The molecular weight excluding hydrogens is 1400 g/mol. The molecule has 0 bridgehead atoms. The predicted molar refractivity (Wildman–Crippen MR) is 416 cm³/mol. The van der Waals surface area contributed by atoms with Crippen molar-refractivity contribution in [2.24, 2.45) is 0 Å². The number of benzene rings is 8. The Labute approximate surface area is 662 Å². The third kappa shape index (κ3) is 24.6. The predicted octanol–water partition coefficient (Wildman–Crippen LogP) is 13.8. The molecular formula is C85H82N13NaO11. The minimum absolute atomic E-state index is 0. The fourth-order valence-electron chi connectivity index (χ4n) is 10.7. The summed E-state index contributed by atoms with van der Waals surface area (Å²) >= 11 is 0. The van der Waals surface area contributed by atoms with Gasteiger partial charge < -0.3 is 79.1 Å². The van der Waals surface area contributed by atoms with E-state index < -0.39 is 17.2 Å². The van der Waals surface area contributed by atoms with Crippen molar-refractivity contribution in [2.75, 3.05) is 61.3 Å². The maximum absolute atomic E-state index is 10.5. The van der Waals surface area contributed by atoms with Crippen LogP contribution in [0, 0.1) is 37.6 Å². The number of ketones is 1. The molecule has 110 heavy (non-hydrogen) atoms. The maximum atomic E-state index is 10.5. The number of carbonyl (C=O) groups excluding carboxylic acids is 1. The number of nitrogens with one attached hydrogen (secondary N) is 1. The first-order valence-corrected chi connectivity index (χ1v) is 34.4. The van der Waals surface area contributed by atoms with Crippen molar-refractivity contribution in [3.05, 3.63) is 304 Å². The Kier molecular flexibility index (Phi) is 31.2. The van der Waals surface area contributed by atoms with Crippen LogP contribution in [0.2, 0.25) is 0 Å². The summed E-state index contributed by atoms with van der Waals surface area (Å²) in [6, 6.07) is 70.5. The number of fused-ring (bicyclic) bond motifs is 4. The summed E-state index contributed by atoms with van der Waals surface area (Å²) in [5.74, 6) is 7.00. The fraction of sp³-hybridized carbons (Fsp3) is 0.224. The molecule has 0 saturated carbocycles. The molecule has 11 aromatic rings. The van der Waals surface area contributed by atoms with Crippen LogP contribution in [0.15, 0.2) is 236 Å². The van der Waals surface area contributed by atoms with Crippen molar-refractivity contribution in [2.45, 2.75) is 85.2 Å². The van der Waals surface area contributed by atoms with Gasteiger partial charge in [-0.3, -0.25) is 19.1 Å². The number of rotatable bonds is 15. The summed E-state index contributed by atoms with van der Waals surface area (Å²) < 4.78 is 48.2. The number of nitrogens with zero attached hydrogens (tertiary/aromatic N) is 10. The second-order valence-corrected chi connectivity index (χ2v) is 26.1. The summed E-state index contributed by atoms with van der Waals surface area (Å²) in [7, 11) is 0. The van der Waals surface area contributed by atoms with Crippen molar-refractivity contribution in [3.8, 4) is 63.4 Å². The van der Waals surface area contributed by atoms with Gasteiger partial charge in [0.25, 0.3) is 12.5 Å². The minimum Gasteiger partial charge on any atom is -0.850 e. The van der Waals surface area contributed by atoms with Crippen LogP contribution in [0.25, 0.3) is 41.8 Å². The molecule has 15 rings (SSSR count). The summed E-state index contributed by atoms with van der Waals surface area (Å²) in [4.78, 5) is 34.5. The smallest absolute Gasteiger partial charge is 0.850 e. The first kappa shape index (κ1) is 83.3.